The van der Waals surface area contributed by atoms with E-state index < -0.39 is 0 Å². The Hall–Kier alpha value is -0.750. The predicted octanol–water partition coefficient (Wildman–Crippen LogP) is 4.34. The lowest BCUT2D eigenvalue weighted by Crippen LogP contribution is -1.86. The average Bonchev–Trinajstić information content (AvgIpc) is 2.19. The van der Waals surface area contributed by atoms with Crippen LogP contribution in [-0.2, 0) is 0 Å². The van der Waals surface area contributed by atoms with E-state index in [2.05, 4.69) is 45.0 Å². The summed E-state index contributed by atoms with van der Waals surface area (Å²) in [6.45, 7) is 6.38. The van der Waals surface area contributed by atoms with E-state index in [9.17, 15) is 0 Å². The molecule has 0 unspecified atom stereocenters. The maximum atomic E-state index is 5.84. The van der Waals surface area contributed by atoms with E-state index >= 15 is 0 Å². The third-order valence-corrected chi connectivity index (χ3v) is 2.76. The number of halogens is 1. The van der Waals surface area contributed by atoms with Gasteiger partial charge >= 0.3 is 0 Å². The van der Waals surface area contributed by atoms with Crippen LogP contribution in [0.2, 0.25) is 0 Å². The van der Waals surface area contributed by atoms with Crippen molar-refractivity contribution in [1.82, 2.24) is 0 Å². The van der Waals surface area contributed by atoms with Crippen LogP contribution < -0.4 is 0 Å². The van der Waals surface area contributed by atoms with Gasteiger partial charge in [0.2, 0.25) is 0 Å². The Balaban J connectivity index is 3.06. The van der Waals surface area contributed by atoms with Crippen LogP contribution in [0.1, 0.15) is 30.0 Å². The lowest BCUT2D eigenvalue weighted by molar-refractivity contribution is 1.12. The van der Waals surface area contributed by atoms with Gasteiger partial charge in [-0.2, -0.15) is 0 Å². The molecule has 0 saturated carbocycles. The summed E-state index contributed by atoms with van der Waals surface area (Å²) < 4.78 is 0. The van der Waals surface area contributed by atoms with Crippen molar-refractivity contribution in [2.45, 2.75) is 27.2 Å². The average molecular weight is 209 g/mol. The zero-order valence-electron chi connectivity index (χ0n) is 9.10. The molecule has 76 valence electrons. The van der Waals surface area contributed by atoms with Gasteiger partial charge in [-0.3, -0.25) is 0 Å². The molecule has 0 fully saturated rings. The van der Waals surface area contributed by atoms with Crippen molar-refractivity contribution in [2.24, 2.45) is 0 Å². The van der Waals surface area contributed by atoms with Crippen LogP contribution in [0.15, 0.2) is 23.8 Å². The van der Waals surface area contributed by atoms with Crippen LogP contribution in [0.3, 0.4) is 0 Å². The molecule has 0 aromatic heterocycles. The van der Waals surface area contributed by atoms with Gasteiger partial charge < -0.3 is 0 Å². The van der Waals surface area contributed by atoms with Crippen molar-refractivity contribution in [3.8, 4) is 0 Å². The molecule has 0 nitrogen and oxygen atoms in total. The first-order valence-corrected chi connectivity index (χ1v) is 5.53. The highest BCUT2D eigenvalue weighted by atomic mass is 35.5. The molecule has 0 aliphatic carbocycles. The number of benzene rings is 1. The molecular formula is C13H17Cl. The van der Waals surface area contributed by atoms with E-state index in [0.29, 0.717) is 5.88 Å². The molecule has 1 aromatic rings. The Morgan fingerprint density at radius 2 is 2.07 bits per heavy atom. The lowest BCUT2D eigenvalue weighted by Gasteiger charge is -2.04. The van der Waals surface area contributed by atoms with Gasteiger partial charge in [0.25, 0.3) is 0 Å². The smallest absolute Gasteiger partial charge is 0.0436 e. The lowest BCUT2D eigenvalue weighted by atomic mass is 10.0. The SMILES string of the molecule is CCC(=Cc1cc(C)ccc1C)CCl. The highest BCUT2D eigenvalue weighted by Gasteiger charge is 1.97. The van der Waals surface area contributed by atoms with Crippen molar-refractivity contribution in [1.29, 1.82) is 0 Å². The highest BCUT2D eigenvalue weighted by Crippen LogP contribution is 2.16. The number of hydrogen-bond donors (Lipinski definition) is 0. The summed E-state index contributed by atoms with van der Waals surface area (Å²) in [5.41, 5.74) is 5.20. The van der Waals surface area contributed by atoms with Gasteiger partial charge in [0.05, 0.1) is 0 Å². The Morgan fingerprint density at radius 3 is 2.64 bits per heavy atom. The minimum Gasteiger partial charge on any atom is -0.122 e. The number of aryl methyl sites for hydroxylation is 2. The largest absolute Gasteiger partial charge is 0.122 e. The maximum absolute atomic E-state index is 5.84. The first-order chi connectivity index (χ1) is 6.67. The summed E-state index contributed by atoms with van der Waals surface area (Å²) in [6, 6.07) is 6.50. The normalized spacial score (nSPS) is 11.9. The number of hydrogen-bond acceptors (Lipinski definition) is 0. The molecule has 1 aromatic carbocycles. The minimum absolute atomic E-state index is 0.629. The van der Waals surface area contributed by atoms with Gasteiger partial charge in [-0.15, -0.1) is 11.6 Å². The van der Waals surface area contributed by atoms with E-state index in [-0.39, 0.29) is 0 Å². The maximum Gasteiger partial charge on any atom is 0.0436 e. The number of rotatable bonds is 3. The summed E-state index contributed by atoms with van der Waals surface area (Å²) >= 11 is 5.84. The highest BCUT2D eigenvalue weighted by molar-refractivity contribution is 6.19. The summed E-state index contributed by atoms with van der Waals surface area (Å²) in [7, 11) is 0. The molecule has 0 N–H and O–H groups in total. The van der Waals surface area contributed by atoms with Crippen molar-refractivity contribution in [3.05, 3.63) is 40.5 Å². The topological polar surface area (TPSA) is 0 Å². The van der Waals surface area contributed by atoms with Gasteiger partial charge in [-0.05, 0) is 31.4 Å². The van der Waals surface area contributed by atoms with E-state index in [1.807, 2.05) is 0 Å². The zero-order chi connectivity index (χ0) is 10.6. The molecule has 14 heavy (non-hydrogen) atoms. The standard InChI is InChI=1S/C13H17Cl/c1-4-12(9-14)8-13-7-10(2)5-6-11(13)3/h5-8H,4,9H2,1-3H3. The second kappa shape index (κ2) is 5.21. The first-order valence-electron chi connectivity index (χ1n) is 5.00. The summed E-state index contributed by atoms with van der Waals surface area (Å²) in [4.78, 5) is 0. The fraction of sp³-hybridized carbons (Fsp3) is 0.385. The first kappa shape index (κ1) is 11.3. The summed E-state index contributed by atoms with van der Waals surface area (Å²) in [5.74, 6) is 0.629. The molecular weight excluding hydrogens is 192 g/mol. The molecule has 0 atom stereocenters. The van der Waals surface area contributed by atoms with Gasteiger partial charge in [0.1, 0.15) is 0 Å². The van der Waals surface area contributed by atoms with E-state index in [4.69, 9.17) is 11.6 Å². The summed E-state index contributed by atoms with van der Waals surface area (Å²) in [6.07, 6.45) is 3.23. The van der Waals surface area contributed by atoms with Crippen LogP contribution in [0, 0.1) is 13.8 Å². The molecule has 0 bridgehead atoms. The quantitative estimate of drug-likeness (QED) is 0.649. The van der Waals surface area contributed by atoms with Gasteiger partial charge in [-0.25, -0.2) is 0 Å². The fourth-order valence-electron chi connectivity index (χ4n) is 1.37. The molecule has 1 heteroatoms. The van der Waals surface area contributed by atoms with Crippen LogP contribution in [0.4, 0.5) is 0 Å². The fourth-order valence-corrected chi connectivity index (χ4v) is 1.64. The van der Waals surface area contributed by atoms with E-state index in [0.717, 1.165) is 6.42 Å². The summed E-state index contributed by atoms with van der Waals surface area (Å²) in [5, 5.41) is 0. The van der Waals surface area contributed by atoms with Crippen molar-refractivity contribution in [3.63, 3.8) is 0 Å². The second-order valence-electron chi connectivity index (χ2n) is 3.65. The molecule has 1 rings (SSSR count). The van der Waals surface area contributed by atoms with Crippen molar-refractivity contribution >= 4 is 17.7 Å². The van der Waals surface area contributed by atoms with Crippen LogP contribution in [-0.4, -0.2) is 5.88 Å². The Bertz CT molecular complexity index is 331. The van der Waals surface area contributed by atoms with Crippen molar-refractivity contribution < 1.29 is 0 Å². The molecule has 0 radical (unpaired) electrons. The van der Waals surface area contributed by atoms with Crippen molar-refractivity contribution in [2.75, 3.05) is 5.88 Å². The number of allylic oxidation sites excluding steroid dienone is 1. The Labute approximate surface area is 91.6 Å². The molecule has 0 spiro atoms. The van der Waals surface area contributed by atoms with Gasteiger partial charge in [0.15, 0.2) is 0 Å². The Morgan fingerprint density at radius 1 is 1.36 bits per heavy atom. The van der Waals surface area contributed by atoms with Gasteiger partial charge in [-0.1, -0.05) is 42.3 Å². The zero-order valence-corrected chi connectivity index (χ0v) is 9.86. The molecule has 0 aliphatic heterocycles. The molecule has 0 amide bonds. The molecule has 0 heterocycles. The third-order valence-electron chi connectivity index (χ3n) is 2.42. The van der Waals surface area contributed by atoms with Crippen LogP contribution in [0.5, 0.6) is 0 Å². The van der Waals surface area contributed by atoms with Crippen LogP contribution >= 0.6 is 11.6 Å². The third kappa shape index (κ3) is 2.88. The van der Waals surface area contributed by atoms with Crippen LogP contribution in [0.25, 0.3) is 6.08 Å². The second-order valence-corrected chi connectivity index (χ2v) is 3.92. The minimum atomic E-state index is 0.629. The number of alkyl halides is 1. The van der Waals surface area contributed by atoms with Gasteiger partial charge in [0, 0.05) is 5.88 Å². The predicted molar refractivity (Wildman–Crippen MR) is 64.9 cm³/mol. The Kier molecular flexibility index (Phi) is 4.21. The van der Waals surface area contributed by atoms with E-state index in [1.54, 1.807) is 0 Å². The molecule has 0 aliphatic rings. The molecule has 0 saturated heterocycles. The van der Waals surface area contributed by atoms with E-state index in [1.165, 1.54) is 22.3 Å². The monoisotopic (exact) mass is 208 g/mol.